The molecule has 0 unspecified atom stereocenters. The third-order valence-corrected chi connectivity index (χ3v) is 6.14. The van der Waals surface area contributed by atoms with E-state index in [0.717, 1.165) is 37.4 Å². The number of imide groups is 1. The standard InChI is InChI=1S/C21H21Cl2N3O2/c1-14-2-5-17(12-18(14)23)26-20(27)13-19(21(26)28)25-10-8-24(9-11-25)16-6-3-15(22)4-7-16/h2-7,12,19H,8-11,13H2,1H3/t19-/m0/s1. The molecule has 2 aromatic carbocycles. The largest absolute Gasteiger partial charge is 0.369 e. The Morgan fingerprint density at radius 3 is 2.18 bits per heavy atom. The second-order valence-electron chi connectivity index (χ2n) is 7.22. The van der Waals surface area contributed by atoms with Crippen molar-refractivity contribution in [1.82, 2.24) is 4.90 Å². The molecule has 0 radical (unpaired) electrons. The molecule has 146 valence electrons. The molecule has 28 heavy (non-hydrogen) atoms. The van der Waals surface area contributed by atoms with Crippen LogP contribution >= 0.6 is 23.2 Å². The average Bonchev–Trinajstić information content (AvgIpc) is 2.99. The molecule has 0 aliphatic carbocycles. The van der Waals surface area contributed by atoms with Crippen LogP contribution in [0.1, 0.15) is 12.0 Å². The Hall–Kier alpha value is -2.08. The van der Waals surface area contributed by atoms with Gasteiger partial charge in [-0.3, -0.25) is 14.5 Å². The lowest BCUT2D eigenvalue weighted by molar-refractivity contribution is -0.123. The van der Waals surface area contributed by atoms with Crippen LogP contribution in [0.3, 0.4) is 0 Å². The summed E-state index contributed by atoms with van der Waals surface area (Å²) in [5.41, 5.74) is 2.58. The summed E-state index contributed by atoms with van der Waals surface area (Å²) in [5, 5.41) is 1.27. The summed E-state index contributed by atoms with van der Waals surface area (Å²) < 4.78 is 0. The molecule has 2 saturated heterocycles. The number of hydrogen-bond donors (Lipinski definition) is 0. The van der Waals surface area contributed by atoms with Gasteiger partial charge < -0.3 is 4.90 Å². The fourth-order valence-electron chi connectivity index (χ4n) is 3.84. The van der Waals surface area contributed by atoms with Gasteiger partial charge in [-0.25, -0.2) is 4.90 Å². The molecule has 2 aliphatic rings. The minimum absolute atomic E-state index is 0.162. The second-order valence-corrected chi connectivity index (χ2v) is 8.06. The minimum atomic E-state index is -0.403. The number of carbonyl (C=O) groups is 2. The Morgan fingerprint density at radius 1 is 0.893 bits per heavy atom. The molecule has 2 amide bonds. The van der Waals surface area contributed by atoms with Gasteiger partial charge in [-0.05, 0) is 48.9 Å². The highest BCUT2D eigenvalue weighted by molar-refractivity contribution is 6.32. The molecular formula is C21H21Cl2N3O2. The van der Waals surface area contributed by atoms with Gasteiger partial charge >= 0.3 is 0 Å². The van der Waals surface area contributed by atoms with Gasteiger partial charge in [-0.15, -0.1) is 0 Å². The Morgan fingerprint density at radius 2 is 1.54 bits per heavy atom. The minimum Gasteiger partial charge on any atom is -0.369 e. The van der Waals surface area contributed by atoms with Crippen molar-refractivity contribution in [3.05, 3.63) is 58.1 Å². The molecule has 7 heteroatoms. The normalized spacial score (nSPS) is 20.9. The maximum absolute atomic E-state index is 13.0. The van der Waals surface area contributed by atoms with E-state index in [9.17, 15) is 9.59 Å². The number of hydrogen-bond acceptors (Lipinski definition) is 4. The summed E-state index contributed by atoms with van der Waals surface area (Å²) >= 11 is 12.1. The van der Waals surface area contributed by atoms with E-state index < -0.39 is 6.04 Å². The van der Waals surface area contributed by atoms with Gasteiger partial charge in [-0.2, -0.15) is 0 Å². The summed E-state index contributed by atoms with van der Waals surface area (Å²) in [4.78, 5) is 31.2. The van der Waals surface area contributed by atoms with E-state index in [1.54, 1.807) is 12.1 Å². The van der Waals surface area contributed by atoms with E-state index in [2.05, 4.69) is 9.80 Å². The van der Waals surface area contributed by atoms with Crippen LogP contribution in [0.5, 0.6) is 0 Å². The monoisotopic (exact) mass is 417 g/mol. The van der Waals surface area contributed by atoms with Crippen LogP contribution in [0.2, 0.25) is 10.0 Å². The molecule has 0 aromatic heterocycles. The van der Waals surface area contributed by atoms with Crippen molar-refractivity contribution in [2.75, 3.05) is 36.0 Å². The number of piperazine rings is 1. The average molecular weight is 418 g/mol. The Labute approximate surface area is 174 Å². The molecule has 5 nitrogen and oxygen atoms in total. The van der Waals surface area contributed by atoms with Crippen molar-refractivity contribution in [3.8, 4) is 0 Å². The lowest BCUT2D eigenvalue weighted by atomic mass is 10.1. The van der Waals surface area contributed by atoms with Crippen molar-refractivity contribution >= 4 is 46.4 Å². The molecule has 2 heterocycles. The molecule has 2 aromatic rings. The Balaban J connectivity index is 1.44. The Bertz CT molecular complexity index is 908. The van der Waals surface area contributed by atoms with Crippen LogP contribution < -0.4 is 9.80 Å². The van der Waals surface area contributed by atoms with E-state index in [1.807, 2.05) is 37.3 Å². The highest BCUT2D eigenvalue weighted by Crippen LogP contribution is 2.30. The second kappa shape index (κ2) is 7.74. The zero-order valence-electron chi connectivity index (χ0n) is 15.6. The van der Waals surface area contributed by atoms with Gasteiger partial charge in [0.05, 0.1) is 18.2 Å². The zero-order valence-corrected chi connectivity index (χ0v) is 17.1. The number of halogens is 2. The number of benzene rings is 2. The van der Waals surface area contributed by atoms with Gasteiger partial charge in [-0.1, -0.05) is 29.3 Å². The SMILES string of the molecule is Cc1ccc(N2C(=O)C[C@H](N3CCN(c4ccc(Cl)cc4)CC3)C2=O)cc1Cl. The van der Waals surface area contributed by atoms with E-state index in [0.29, 0.717) is 15.7 Å². The van der Waals surface area contributed by atoms with Gasteiger partial charge in [0.2, 0.25) is 5.91 Å². The quantitative estimate of drug-likeness (QED) is 0.713. The lowest BCUT2D eigenvalue weighted by Gasteiger charge is -2.38. The van der Waals surface area contributed by atoms with Gasteiger partial charge in [0.15, 0.2) is 0 Å². The van der Waals surface area contributed by atoms with Gasteiger partial charge in [0, 0.05) is 41.9 Å². The van der Waals surface area contributed by atoms with E-state index in [-0.39, 0.29) is 18.2 Å². The first-order chi connectivity index (χ1) is 13.4. The third kappa shape index (κ3) is 3.62. The van der Waals surface area contributed by atoms with Crippen LogP contribution in [0.25, 0.3) is 0 Å². The summed E-state index contributed by atoms with van der Waals surface area (Å²) in [6.45, 7) is 4.96. The zero-order chi connectivity index (χ0) is 19.8. The van der Waals surface area contributed by atoms with Crippen molar-refractivity contribution in [3.63, 3.8) is 0 Å². The van der Waals surface area contributed by atoms with Gasteiger partial charge in [0.1, 0.15) is 0 Å². The number of nitrogens with zero attached hydrogens (tertiary/aromatic N) is 3. The van der Waals surface area contributed by atoms with Crippen molar-refractivity contribution in [1.29, 1.82) is 0 Å². The fraction of sp³-hybridized carbons (Fsp3) is 0.333. The van der Waals surface area contributed by atoms with Crippen LogP contribution in [0.15, 0.2) is 42.5 Å². The van der Waals surface area contributed by atoms with E-state index in [4.69, 9.17) is 23.2 Å². The summed E-state index contributed by atoms with van der Waals surface area (Å²) in [6, 6.07) is 12.7. The molecule has 4 rings (SSSR count). The van der Waals surface area contributed by atoms with Crippen molar-refractivity contribution < 1.29 is 9.59 Å². The molecule has 0 saturated carbocycles. The highest BCUT2D eigenvalue weighted by Gasteiger charge is 2.43. The number of anilines is 2. The first-order valence-electron chi connectivity index (χ1n) is 9.31. The number of carbonyl (C=O) groups excluding carboxylic acids is 2. The molecule has 1 atom stereocenters. The summed E-state index contributed by atoms with van der Waals surface area (Å²) in [6.07, 6.45) is 0.214. The molecular weight excluding hydrogens is 397 g/mol. The molecule has 0 spiro atoms. The molecule has 2 fully saturated rings. The predicted octanol–water partition coefficient (Wildman–Crippen LogP) is 3.76. The summed E-state index contributed by atoms with van der Waals surface area (Å²) in [5.74, 6) is -0.333. The van der Waals surface area contributed by atoms with Crippen LogP contribution in [0, 0.1) is 6.92 Å². The summed E-state index contributed by atoms with van der Waals surface area (Å²) in [7, 11) is 0. The molecule has 0 bridgehead atoms. The maximum Gasteiger partial charge on any atom is 0.251 e. The lowest BCUT2D eigenvalue weighted by Crippen LogP contribution is -2.52. The highest BCUT2D eigenvalue weighted by atomic mass is 35.5. The van der Waals surface area contributed by atoms with Crippen LogP contribution in [-0.2, 0) is 9.59 Å². The van der Waals surface area contributed by atoms with Crippen LogP contribution in [-0.4, -0.2) is 48.9 Å². The molecule has 2 aliphatic heterocycles. The third-order valence-electron chi connectivity index (χ3n) is 5.48. The number of amides is 2. The van der Waals surface area contributed by atoms with Gasteiger partial charge in [0.25, 0.3) is 5.91 Å². The first kappa shape index (κ1) is 19.2. The van der Waals surface area contributed by atoms with Crippen molar-refractivity contribution in [2.45, 2.75) is 19.4 Å². The Kier molecular flexibility index (Phi) is 5.32. The smallest absolute Gasteiger partial charge is 0.251 e. The van der Waals surface area contributed by atoms with E-state index >= 15 is 0 Å². The fourth-order valence-corrected chi connectivity index (χ4v) is 4.14. The first-order valence-corrected chi connectivity index (χ1v) is 10.1. The van der Waals surface area contributed by atoms with Crippen molar-refractivity contribution in [2.24, 2.45) is 0 Å². The molecule has 0 N–H and O–H groups in total. The van der Waals surface area contributed by atoms with Crippen LogP contribution in [0.4, 0.5) is 11.4 Å². The topological polar surface area (TPSA) is 43.9 Å². The number of aryl methyl sites for hydroxylation is 1. The maximum atomic E-state index is 13.0. The predicted molar refractivity (Wildman–Crippen MR) is 112 cm³/mol. The number of rotatable bonds is 3. The van der Waals surface area contributed by atoms with E-state index in [1.165, 1.54) is 4.90 Å².